The Bertz CT molecular complexity index is 315. The number of amides is 1. The highest BCUT2D eigenvalue weighted by molar-refractivity contribution is 6.11. The van der Waals surface area contributed by atoms with E-state index in [1.54, 1.807) is 4.90 Å². The molecule has 0 aromatic rings. The summed E-state index contributed by atoms with van der Waals surface area (Å²) in [6.45, 7) is 10.5. The van der Waals surface area contributed by atoms with Crippen LogP contribution >= 0.6 is 0 Å². The minimum absolute atomic E-state index is 0. The predicted octanol–water partition coefficient (Wildman–Crippen LogP) is 2.11. The number of Topliss-reactive ketones (excluding diaryl/α,β-unsaturated/α-hetero) is 1. The highest BCUT2D eigenvalue weighted by Crippen LogP contribution is 2.11. The van der Waals surface area contributed by atoms with E-state index >= 15 is 0 Å². The number of hydrogen-bond donors (Lipinski definition) is 0. The van der Waals surface area contributed by atoms with Gasteiger partial charge >= 0.3 is 0 Å². The van der Waals surface area contributed by atoms with Crippen LogP contribution in [0.5, 0.6) is 0 Å². The van der Waals surface area contributed by atoms with Crippen LogP contribution in [0.4, 0.5) is 0 Å². The number of rotatable bonds is 3. The van der Waals surface area contributed by atoms with Gasteiger partial charge in [-0.2, -0.15) is 0 Å². The molecule has 1 aliphatic rings. The van der Waals surface area contributed by atoms with Gasteiger partial charge in [-0.1, -0.05) is 34.6 Å². The van der Waals surface area contributed by atoms with Crippen molar-refractivity contribution in [2.24, 2.45) is 5.92 Å². The van der Waals surface area contributed by atoms with E-state index in [0.717, 1.165) is 0 Å². The van der Waals surface area contributed by atoms with Gasteiger partial charge in [-0.15, -0.1) is 0 Å². The third-order valence-electron chi connectivity index (χ3n) is 2.18. The van der Waals surface area contributed by atoms with Crippen molar-refractivity contribution in [3.05, 3.63) is 0 Å². The van der Waals surface area contributed by atoms with Crippen LogP contribution in [0.3, 0.4) is 0 Å². The maximum absolute atomic E-state index is 11.4. The molecule has 0 aliphatic carbocycles. The van der Waals surface area contributed by atoms with Gasteiger partial charge in [0.15, 0.2) is 0 Å². The molecule has 0 aromatic carbocycles. The number of carbonyl (C=O) groups excluding carboxylic acids is 2. The number of carbonyl (C=O) groups is 2. The Hall–Kier alpha value is -1.30. The van der Waals surface area contributed by atoms with Crippen LogP contribution in [-0.4, -0.2) is 29.2 Å². The summed E-state index contributed by atoms with van der Waals surface area (Å²) in [6.07, 6.45) is 0.645. The zero-order valence-electron chi connectivity index (χ0n) is 10.8. The maximum Gasteiger partial charge on any atom is 0.299 e. The van der Waals surface area contributed by atoms with E-state index in [1.165, 1.54) is 0 Å². The summed E-state index contributed by atoms with van der Waals surface area (Å²) in [5.41, 5.74) is 0. The minimum Gasteiger partial charge on any atom is -0.321 e. The van der Waals surface area contributed by atoms with Crippen molar-refractivity contribution in [3.8, 4) is 11.8 Å². The molecule has 0 radical (unpaired) electrons. The van der Waals surface area contributed by atoms with Gasteiger partial charge in [0.2, 0.25) is 5.78 Å². The van der Waals surface area contributed by atoms with Crippen LogP contribution in [0.25, 0.3) is 0 Å². The normalized spacial score (nSPS) is 18.9. The molecule has 0 N–H and O–H groups in total. The topological polar surface area (TPSA) is 37.4 Å². The Balaban J connectivity index is 0. The van der Waals surface area contributed by atoms with Crippen molar-refractivity contribution in [2.45, 2.75) is 47.1 Å². The second kappa shape index (κ2) is 7.05. The Morgan fingerprint density at radius 3 is 2.31 bits per heavy atom. The second-order valence-electron chi connectivity index (χ2n) is 3.89. The van der Waals surface area contributed by atoms with Crippen molar-refractivity contribution >= 4 is 11.7 Å². The number of hydrogen-bond acceptors (Lipinski definition) is 2. The molecule has 1 amide bonds. The van der Waals surface area contributed by atoms with E-state index in [-0.39, 0.29) is 19.2 Å². The second-order valence-corrected chi connectivity index (χ2v) is 3.89. The highest BCUT2D eigenvalue weighted by atomic mass is 16.2. The van der Waals surface area contributed by atoms with E-state index < -0.39 is 0 Å². The van der Waals surface area contributed by atoms with Crippen LogP contribution in [0.2, 0.25) is 0 Å². The molecule has 0 spiro atoms. The lowest BCUT2D eigenvalue weighted by Gasteiger charge is -2.30. The van der Waals surface area contributed by atoms with Gasteiger partial charge in [0.1, 0.15) is 6.04 Å². The largest absolute Gasteiger partial charge is 0.321 e. The van der Waals surface area contributed by atoms with Crippen LogP contribution in [0.15, 0.2) is 0 Å². The Morgan fingerprint density at radius 2 is 1.88 bits per heavy atom. The fraction of sp³-hybridized carbons (Fsp3) is 0.692. The molecule has 0 saturated carbocycles. The molecule has 92 valence electrons. The number of ketones is 1. The fourth-order valence-electron chi connectivity index (χ4n) is 1.56. The molecule has 0 saturated heterocycles. The van der Waals surface area contributed by atoms with E-state index in [2.05, 4.69) is 11.8 Å². The molecule has 1 heterocycles. The third kappa shape index (κ3) is 3.69. The van der Waals surface area contributed by atoms with Gasteiger partial charge in [-0.25, -0.2) is 0 Å². The minimum atomic E-state index is -0.328. The lowest BCUT2D eigenvalue weighted by molar-refractivity contribution is -0.134. The summed E-state index contributed by atoms with van der Waals surface area (Å²) in [6, 6.07) is -0.328. The van der Waals surface area contributed by atoms with E-state index in [0.29, 0.717) is 18.9 Å². The Labute approximate surface area is 99.7 Å². The van der Waals surface area contributed by atoms with Crippen LogP contribution in [0, 0.1) is 17.8 Å². The lowest BCUT2D eigenvalue weighted by Crippen LogP contribution is -2.47. The zero-order valence-corrected chi connectivity index (χ0v) is 10.8. The molecule has 0 bridgehead atoms. The van der Waals surface area contributed by atoms with Crippen LogP contribution < -0.4 is 0 Å². The van der Waals surface area contributed by atoms with Gasteiger partial charge in [-0.3, -0.25) is 9.59 Å². The first-order valence-electron chi connectivity index (χ1n) is 5.92. The summed E-state index contributed by atoms with van der Waals surface area (Å²) in [4.78, 5) is 24.4. The first-order chi connectivity index (χ1) is 7.56. The van der Waals surface area contributed by atoms with Crippen molar-refractivity contribution in [3.63, 3.8) is 0 Å². The Morgan fingerprint density at radius 1 is 1.31 bits per heavy atom. The summed E-state index contributed by atoms with van der Waals surface area (Å²) in [5, 5.41) is 0. The first kappa shape index (κ1) is 14.7. The van der Waals surface area contributed by atoms with Gasteiger partial charge < -0.3 is 4.90 Å². The maximum atomic E-state index is 11.4. The van der Waals surface area contributed by atoms with Gasteiger partial charge in [-0.05, 0) is 18.3 Å². The van der Waals surface area contributed by atoms with Crippen LogP contribution in [0.1, 0.15) is 42.5 Å². The average Bonchev–Trinajstić information content (AvgIpc) is 2.26. The average molecular weight is 225 g/mol. The summed E-state index contributed by atoms with van der Waals surface area (Å²) in [7, 11) is 0. The van der Waals surface area contributed by atoms with Crippen LogP contribution in [-0.2, 0) is 9.59 Å². The Kier molecular flexibility index (Phi) is 6.48. The monoisotopic (exact) mass is 225 g/mol. The highest BCUT2D eigenvalue weighted by Gasteiger charge is 2.29. The lowest BCUT2D eigenvalue weighted by atomic mass is 10.0. The molecule has 0 aromatic heterocycles. The zero-order chi connectivity index (χ0) is 12.7. The molecule has 3 heteroatoms. The van der Waals surface area contributed by atoms with Crippen molar-refractivity contribution in [2.75, 3.05) is 6.54 Å². The van der Waals surface area contributed by atoms with Gasteiger partial charge in [0.25, 0.3) is 5.91 Å². The van der Waals surface area contributed by atoms with Crippen molar-refractivity contribution in [1.82, 2.24) is 4.90 Å². The molecular formula is C13H23NO2. The fourth-order valence-corrected chi connectivity index (χ4v) is 1.56. The summed E-state index contributed by atoms with van der Waals surface area (Å²) in [5.74, 6) is 4.71. The van der Waals surface area contributed by atoms with Gasteiger partial charge in [0.05, 0.1) is 0 Å². The smallest absolute Gasteiger partial charge is 0.299 e. The number of nitrogens with zero attached hydrogens (tertiary/aromatic N) is 1. The van der Waals surface area contributed by atoms with E-state index in [4.69, 9.17) is 0 Å². The molecule has 1 atom stereocenters. The van der Waals surface area contributed by atoms with E-state index in [1.807, 2.05) is 34.6 Å². The standard InChI is InChI=1S/C11H15NO2.C2H6.H2/c1-4-9-10(13)5-6-11(14)12(9)7-8(2)3;1-2;/h8-9H,4,7H2,1-3H3;1-2H3;1H/t9-;;/m1../s1. The molecule has 1 rings (SSSR count). The van der Waals surface area contributed by atoms with Crippen molar-refractivity contribution < 1.29 is 11.0 Å². The molecule has 1 aliphatic heterocycles. The molecular weight excluding hydrogens is 202 g/mol. The van der Waals surface area contributed by atoms with Gasteiger partial charge in [0, 0.05) is 13.9 Å². The third-order valence-corrected chi connectivity index (χ3v) is 2.18. The van der Waals surface area contributed by atoms with E-state index in [9.17, 15) is 9.59 Å². The predicted molar refractivity (Wildman–Crippen MR) is 66.9 cm³/mol. The first-order valence-corrected chi connectivity index (χ1v) is 5.92. The summed E-state index contributed by atoms with van der Waals surface area (Å²) < 4.78 is 0. The molecule has 0 unspecified atom stereocenters. The molecule has 16 heavy (non-hydrogen) atoms. The summed E-state index contributed by atoms with van der Waals surface area (Å²) >= 11 is 0. The quantitative estimate of drug-likeness (QED) is 0.545. The SMILES string of the molecule is CC.CC[C@@H]1C(=O)C#CC(=O)N1CC(C)C.[HH]. The molecule has 3 nitrogen and oxygen atoms in total. The molecule has 0 fully saturated rings. The van der Waals surface area contributed by atoms with Crippen molar-refractivity contribution in [1.29, 1.82) is 0 Å².